The highest BCUT2D eigenvalue weighted by Crippen LogP contribution is 2.32. The molecule has 1 fully saturated rings. The van der Waals surface area contributed by atoms with E-state index in [2.05, 4.69) is 15.5 Å². The van der Waals surface area contributed by atoms with E-state index in [0.717, 1.165) is 35.4 Å². The molecule has 1 N–H and O–H groups in total. The predicted octanol–water partition coefficient (Wildman–Crippen LogP) is 4.81. The standard InChI is InChI=1S/C22H24N4O3/c1-3-28-18-11-9-17(10-12-18)23-22(27)26-13-5-8-19(26)21-24-20(25-29-21)16-7-4-6-15(2)14-16/h4,6-7,9-12,14,19H,3,5,8,13H2,1-2H3,(H,23,27)/t19-/m1/s1. The summed E-state index contributed by atoms with van der Waals surface area (Å²) in [6, 6.07) is 14.9. The molecule has 1 saturated heterocycles. The van der Waals surface area contributed by atoms with Gasteiger partial charge in [-0.15, -0.1) is 0 Å². The quantitative estimate of drug-likeness (QED) is 0.674. The molecule has 4 rings (SSSR count). The largest absolute Gasteiger partial charge is 0.494 e. The van der Waals surface area contributed by atoms with Crippen LogP contribution in [0.15, 0.2) is 53.1 Å². The fourth-order valence-corrected chi connectivity index (χ4v) is 3.53. The van der Waals surface area contributed by atoms with Gasteiger partial charge in [0.25, 0.3) is 0 Å². The molecule has 0 spiro atoms. The maximum atomic E-state index is 12.8. The van der Waals surface area contributed by atoms with E-state index in [0.29, 0.717) is 24.9 Å². The summed E-state index contributed by atoms with van der Waals surface area (Å²) in [7, 11) is 0. The molecule has 0 radical (unpaired) electrons. The second kappa shape index (κ2) is 8.34. The van der Waals surface area contributed by atoms with Crippen molar-refractivity contribution in [3.05, 3.63) is 60.0 Å². The van der Waals surface area contributed by atoms with E-state index in [9.17, 15) is 4.79 Å². The number of likely N-dealkylation sites (tertiary alicyclic amines) is 1. The second-order valence-electron chi connectivity index (χ2n) is 7.06. The summed E-state index contributed by atoms with van der Waals surface area (Å²) in [6.07, 6.45) is 1.69. The molecule has 0 unspecified atom stereocenters. The van der Waals surface area contributed by atoms with Gasteiger partial charge < -0.3 is 19.5 Å². The van der Waals surface area contributed by atoms with E-state index in [-0.39, 0.29) is 12.1 Å². The third-order valence-electron chi connectivity index (χ3n) is 4.93. The van der Waals surface area contributed by atoms with Crippen molar-refractivity contribution in [3.63, 3.8) is 0 Å². The van der Waals surface area contributed by atoms with Crippen LogP contribution >= 0.6 is 0 Å². The summed E-state index contributed by atoms with van der Waals surface area (Å²) >= 11 is 0. The number of rotatable bonds is 5. The summed E-state index contributed by atoms with van der Waals surface area (Å²) in [5, 5.41) is 7.06. The smallest absolute Gasteiger partial charge is 0.322 e. The van der Waals surface area contributed by atoms with Crippen molar-refractivity contribution < 1.29 is 14.1 Å². The number of urea groups is 1. The molecule has 0 aliphatic carbocycles. The van der Waals surface area contributed by atoms with Crippen molar-refractivity contribution in [2.24, 2.45) is 0 Å². The number of hydrogen-bond donors (Lipinski definition) is 1. The fourth-order valence-electron chi connectivity index (χ4n) is 3.53. The number of carbonyl (C=O) groups is 1. The first-order valence-electron chi connectivity index (χ1n) is 9.85. The first-order chi connectivity index (χ1) is 14.1. The summed E-state index contributed by atoms with van der Waals surface area (Å²) in [4.78, 5) is 19.1. The van der Waals surface area contributed by atoms with Crippen LogP contribution in [-0.2, 0) is 0 Å². The number of nitrogens with one attached hydrogen (secondary N) is 1. The molecule has 7 heteroatoms. The van der Waals surface area contributed by atoms with E-state index >= 15 is 0 Å². The Morgan fingerprint density at radius 2 is 2.10 bits per heavy atom. The number of benzene rings is 2. The third-order valence-corrected chi connectivity index (χ3v) is 4.93. The Morgan fingerprint density at radius 1 is 1.28 bits per heavy atom. The summed E-state index contributed by atoms with van der Waals surface area (Å²) in [5.41, 5.74) is 2.75. The van der Waals surface area contributed by atoms with Crippen molar-refractivity contribution >= 4 is 11.7 Å². The van der Waals surface area contributed by atoms with E-state index in [1.807, 2.05) is 62.4 Å². The normalized spacial score (nSPS) is 16.1. The second-order valence-corrected chi connectivity index (χ2v) is 7.06. The van der Waals surface area contributed by atoms with Crippen molar-refractivity contribution in [1.29, 1.82) is 0 Å². The highest BCUT2D eigenvalue weighted by Gasteiger charge is 2.34. The van der Waals surface area contributed by atoms with Gasteiger partial charge in [-0.25, -0.2) is 4.79 Å². The molecule has 1 aliphatic rings. The fraction of sp³-hybridized carbons (Fsp3) is 0.318. The zero-order valence-corrected chi connectivity index (χ0v) is 16.6. The van der Waals surface area contributed by atoms with E-state index in [1.165, 1.54) is 0 Å². The van der Waals surface area contributed by atoms with Crippen LogP contribution in [0.1, 0.15) is 37.3 Å². The molecule has 2 heterocycles. The number of amides is 2. The van der Waals surface area contributed by atoms with Gasteiger partial charge in [-0.2, -0.15) is 4.98 Å². The minimum atomic E-state index is -0.219. The maximum absolute atomic E-state index is 12.8. The highest BCUT2D eigenvalue weighted by atomic mass is 16.5. The number of nitrogens with zero attached hydrogens (tertiary/aromatic N) is 3. The third kappa shape index (κ3) is 4.23. The minimum Gasteiger partial charge on any atom is -0.494 e. The lowest BCUT2D eigenvalue weighted by Gasteiger charge is -2.22. The zero-order chi connectivity index (χ0) is 20.2. The summed E-state index contributed by atoms with van der Waals surface area (Å²) in [6.45, 7) is 5.21. The van der Waals surface area contributed by atoms with Gasteiger partial charge in [0.1, 0.15) is 11.8 Å². The molecule has 2 amide bonds. The monoisotopic (exact) mass is 392 g/mol. The van der Waals surface area contributed by atoms with Crippen LogP contribution in [0.2, 0.25) is 0 Å². The zero-order valence-electron chi connectivity index (χ0n) is 16.6. The van der Waals surface area contributed by atoms with Gasteiger partial charge in [0.05, 0.1) is 6.61 Å². The highest BCUT2D eigenvalue weighted by molar-refractivity contribution is 5.89. The van der Waals surface area contributed by atoms with E-state index in [1.54, 1.807) is 4.90 Å². The van der Waals surface area contributed by atoms with E-state index in [4.69, 9.17) is 9.26 Å². The number of aryl methyl sites for hydroxylation is 1. The molecule has 29 heavy (non-hydrogen) atoms. The average Bonchev–Trinajstić information content (AvgIpc) is 3.39. The van der Waals surface area contributed by atoms with Crippen LogP contribution in [0.4, 0.5) is 10.5 Å². The van der Waals surface area contributed by atoms with Gasteiger partial charge in [-0.1, -0.05) is 28.9 Å². The summed E-state index contributed by atoms with van der Waals surface area (Å²) < 4.78 is 11.0. The number of aromatic nitrogens is 2. The van der Waals surface area contributed by atoms with Crippen LogP contribution in [0.25, 0.3) is 11.4 Å². The number of ether oxygens (including phenoxy) is 1. The molecule has 0 saturated carbocycles. The average molecular weight is 392 g/mol. The van der Waals surface area contributed by atoms with Gasteiger partial charge >= 0.3 is 6.03 Å². The number of anilines is 1. The molecular formula is C22H24N4O3. The first kappa shape index (κ1) is 19.0. The lowest BCUT2D eigenvalue weighted by Crippen LogP contribution is -2.34. The topological polar surface area (TPSA) is 80.5 Å². The molecular weight excluding hydrogens is 368 g/mol. The minimum absolute atomic E-state index is 0.174. The Balaban J connectivity index is 1.47. The molecule has 1 aromatic heterocycles. The van der Waals surface area contributed by atoms with Gasteiger partial charge in [-0.3, -0.25) is 0 Å². The van der Waals surface area contributed by atoms with E-state index < -0.39 is 0 Å². The molecule has 3 aromatic rings. The van der Waals surface area contributed by atoms with Crippen molar-refractivity contribution in [2.75, 3.05) is 18.5 Å². The van der Waals surface area contributed by atoms with Crippen molar-refractivity contribution in [3.8, 4) is 17.1 Å². The van der Waals surface area contributed by atoms with Crippen LogP contribution in [-0.4, -0.2) is 34.2 Å². The molecule has 0 bridgehead atoms. The molecule has 1 atom stereocenters. The van der Waals surface area contributed by atoms with Crippen LogP contribution in [0.5, 0.6) is 5.75 Å². The van der Waals surface area contributed by atoms with Crippen LogP contribution < -0.4 is 10.1 Å². The van der Waals surface area contributed by atoms with Crippen LogP contribution in [0.3, 0.4) is 0 Å². The van der Waals surface area contributed by atoms with Gasteiger partial charge in [-0.05, 0) is 57.0 Å². The first-order valence-corrected chi connectivity index (χ1v) is 9.85. The Morgan fingerprint density at radius 3 is 2.86 bits per heavy atom. The predicted molar refractivity (Wildman–Crippen MR) is 110 cm³/mol. The van der Waals surface area contributed by atoms with Gasteiger partial charge in [0.15, 0.2) is 0 Å². The van der Waals surface area contributed by atoms with Gasteiger partial charge in [0, 0.05) is 17.8 Å². The molecule has 150 valence electrons. The number of hydrogen-bond acceptors (Lipinski definition) is 5. The SMILES string of the molecule is CCOc1ccc(NC(=O)N2CCC[C@@H]2c2nc(-c3cccc(C)c3)no2)cc1. The summed E-state index contributed by atoms with van der Waals surface area (Å²) in [5.74, 6) is 1.79. The Hall–Kier alpha value is -3.35. The number of carbonyl (C=O) groups excluding carboxylic acids is 1. The Kier molecular flexibility index (Phi) is 5.46. The lowest BCUT2D eigenvalue weighted by atomic mass is 10.1. The Bertz CT molecular complexity index is 984. The van der Waals surface area contributed by atoms with Crippen molar-refractivity contribution in [1.82, 2.24) is 15.0 Å². The Labute approximate surface area is 169 Å². The maximum Gasteiger partial charge on any atom is 0.322 e. The van der Waals surface area contributed by atoms with Crippen LogP contribution in [0, 0.1) is 6.92 Å². The molecule has 2 aromatic carbocycles. The van der Waals surface area contributed by atoms with Crippen molar-refractivity contribution in [2.45, 2.75) is 32.7 Å². The molecule has 1 aliphatic heterocycles. The lowest BCUT2D eigenvalue weighted by molar-refractivity contribution is 0.193. The van der Waals surface area contributed by atoms with Gasteiger partial charge in [0.2, 0.25) is 11.7 Å². The molecule has 7 nitrogen and oxygen atoms in total.